The minimum Gasteiger partial charge on any atom is -0.451 e. The van der Waals surface area contributed by atoms with Gasteiger partial charge in [0.2, 0.25) is 0 Å². The van der Waals surface area contributed by atoms with E-state index in [1.54, 1.807) is 4.90 Å². The number of benzene rings is 1. The van der Waals surface area contributed by atoms with Crippen LogP contribution in [-0.2, 0) is 28.8 Å². The Morgan fingerprint density at radius 3 is 2.96 bits per heavy atom. The maximum atomic E-state index is 12.4. The lowest BCUT2D eigenvalue weighted by Crippen LogP contribution is -2.33. The molecule has 1 aromatic carbocycles. The molecule has 5 heteroatoms. The first-order valence-electron chi connectivity index (χ1n) is 8.79. The summed E-state index contributed by atoms with van der Waals surface area (Å²) in [5, 5.41) is 0. The van der Waals surface area contributed by atoms with Crippen molar-refractivity contribution in [3.63, 3.8) is 0 Å². The minimum absolute atomic E-state index is 0.159. The number of carbonyl (C=O) groups excluding carboxylic acids is 2. The Bertz CT molecular complexity index is 826. The molecule has 4 rings (SSSR count). The Balaban J connectivity index is 1.39. The number of rotatable bonds is 3. The topological polar surface area (TPSA) is 46.6 Å². The number of amides is 1. The zero-order chi connectivity index (χ0) is 17.4. The van der Waals surface area contributed by atoms with Crippen LogP contribution in [0.25, 0.3) is 0 Å². The Morgan fingerprint density at radius 1 is 1.24 bits per heavy atom. The van der Waals surface area contributed by atoms with E-state index in [1.807, 2.05) is 30.3 Å². The number of carbonyl (C=O) groups is 2. The Labute approximate surface area is 151 Å². The summed E-state index contributed by atoms with van der Waals surface area (Å²) in [6, 6.07) is 9.83. The van der Waals surface area contributed by atoms with Crippen LogP contribution in [0.5, 0.6) is 0 Å². The zero-order valence-electron chi connectivity index (χ0n) is 14.3. The molecular weight excluding hydrogens is 334 g/mol. The number of thiophene rings is 1. The van der Waals surface area contributed by atoms with Crippen molar-refractivity contribution in [1.29, 1.82) is 0 Å². The van der Waals surface area contributed by atoms with Crippen molar-refractivity contribution in [2.45, 2.75) is 32.6 Å². The van der Waals surface area contributed by atoms with Crippen LogP contribution in [-0.4, -0.2) is 25.0 Å². The summed E-state index contributed by atoms with van der Waals surface area (Å²) >= 11 is 1.52. The van der Waals surface area contributed by atoms with Crippen LogP contribution in [0.1, 0.15) is 39.0 Å². The molecule has 0 fully saturated rings. The standard InChI is InChI=1S/C20H21NO3S/c1-13-6-7-17-15(10-13)11-18(25-17)20(23)24-12-19(22)21-9-8-14-4-2-3-5-16(14)21/h2-5,11,13H,6-10,12H2,1H3/t13-/m1/s1. The maximum Gasteiger partial charge on any atom is 0.348 e. The second kappa shape index (κ2) is 6.64. The van der Waals surface area contributed by atoms with Gasteiger partial charge in [-0.2, -0.15) is 0 Å². The van der Waals surface area contributed by atoms with Crippen molar-refractivity contribution < 1.29 is 14.3 Å². The molecule has 25 heavy (non-hydrogen) atoms. The van der Waals surface area contributed by atoms with E-state index in [0.717, 1.165) is 24.9 Å². The third-order valence-electron chi connectivity index (χ3n) is 5.05. The monoisotopic (exact) mass is 355 g/mol. The van der Waals surface area contributed by atoms with Gasteiger partial charge in [-0.05, 0) is 54.9 Å². The van der Waals surface area contributed by atoms with Crippen LogP contribution in [0.2, 0.25) is 0 Å². The first-order valence-corrected chi connectivity index (χ1v) is 9.60. The molecule has 1 aromatic heterocycles. The quantitative estimate of drug-likeness (QED) is 0.790. The molecule has 0 unspecified atom stereocenters. The van der Waals surface area contributed by atoms with Gasteiger partial charge in [0.15, 0.2) is 6.61 Å². The van der Waals surface area contributed by atoms with Crippen LogP contribution < -0.4 is 4.90 Å². The van der Waals surface area contributed by atoms with E-state index in [4.69, 9.17) is 4.74 Å². The molecule has 1 aliphatic heterocycles. The van der Waals surface area contributed by atoms with Gasteiger partial charge in [-0.15, -0.1) is 11.3 Å². The molecule has 0 saturated heterocycles. The average molecular weight is 355 g/mol. The first-order chi connectivity index (χ1) is 12.1. The van der Waals surface area contributed by atoms with Crippen molar-refractivity contribution in [2.24, 2.45) is 5.92 Å². The number of hydrogen-bond acceptors (Lipinski definition) is 4. The van der Waals surface area contributed by atoms with Crippen LogP contribution in [0.3, 0.4) is 0 Å². The summed E-state index contributed by atoms with van der Waals surface area (Å²) in [5.74, 6) is 0.129. The van der Waals surface area contributed by atoms with E-state index in [0.29, 0.717) is 17.3 Å². The van der Waals surface area contributed by atoms with E-state index in [2.05, 4.69) is 6.92 Å². The first kappa shape index (κ1) is 16.3. The smallest absolute Gasteiger partial charge is 0.348 e. The Kier molecular flexibility index (Phi) is 4.34. The fraction of sp³-hybridized carbons (Fsp3) is 0.400. The summed E-state index contributed by atoms with van der Waals surface area (Å²) in [6.07, 6.45) is 4.10. The highest BCUT2D eigenvalue weighted by molar-refractivity contribution is 7.14. The summed E-state index contributed by atoms with van der Waals surface area (Å²) in [5.41, 5.74) is 3.38. The highest BCUT2D eigenvalue weighted by Crippen LogP contribution is 2.32. The summed E-state index contributed by atoms with van der Waals surface area (Å²) in [4.78, 5) is 28.4. The van der Waals surface area contributed by atoms with Crippen molar-refractivity contribution >= 4 is 28.9 Å². The lowest BCUT2D eigenvalue weighted by atomic mass is 9.90. The molecule has 0 N–H and O–H groups in total. The number of para-hydroxylation sites is 1. The van der Waals surface area contributed by atoms with Crippen molar-refractivity contribution in [3.8, 4) is 0 Å². The van der Waals surface area contributed by atoms with E-state index < -0.39 is 0 Å². The van der Waals surface area contributed by atoms with Crippen LogP contribution in [0.4, 0.5) is 5.69 Å². The number of nitrogens with zero attached hydrogens (tertiary/aromatic N) is 1. The Hall–Kier alpha value is -2.14. The summed E-state index contributed by atoms with van der Waals surface area (Å²) in [6.45, 7) is 2.69. The predicted octanol–water partition coefficient (Wildman–Crippen LogP) is 3.62. The molecule has 2 aromatic rings. The third-order valence-corrected chi connectivity index (χ3v) is 6.26. The van der Waals surface area contributed by atoms with Gasteiger partial charge in [0, 0.05) is 17.1 Å². The second-order valence-corrected chi connectivity index (χ2v) is 8.04. The lowest BCUT2D eigenvalue weighted by Gasteiger charge is -2.16. The van der Waals surface area contributed by atoms with Gasteiger partial charge in [0.25, 0.3) is 5.91 Å². The summed E-state index contributed by atoms with van der Waals surface area (Å²) < 4.78 is 5.30. The molecule has 0 bridgehead atoms. The minimum atomic E-state index is -0.382. The Morgan fingerprint density at radius 2 is 2.08 bits per heavy atom. The van der Waals surface area contributed by atoms with Gasteiger partial charge in [-0.3, -0.25) is 4.79 Å². The zero-order valence-corrected chi connectivity index (χ0v) is 15.1. The van der Waals surface area contributed by atoms with Crippen molar-refractivity contribution in [1.82, 2.24) is 0 Å². The summed E-state index contributed by atoms with van der Waals surface area (Å²) in [7, 11) is 0. The molecule has 0 spiro atoms. The second-order valence-electron chi connectivity index (χ2n) is 6.91. The van der Waals surface area contributed by atoms with E-state index >= 15 is 0 Å². The van der Waals surface area contributed by atoms with Crippen LogP contribution in [0, 0.1) is 5.92 Å². The highest BCUT2D eigenvalue weighted by atomic mass is 32.1. The molecule has 1 atom stereocenters. The van der Waals surface area contributed by atoms with E-state index in [-0.39, 0.29) is 18.5 Å². The van der Waals surface area contributed by atoms with Gasteiger partial charge in [-0.25, -0.2) is 4.79 Å². The number of hydrogen-bond donors (Lipinski definition) is 0. The number of ether oxygens (including phenoxy) is 1. The fourth-order valence-corrected chi connectivity index (χ4v) is 4.78. The van der Waals surface area contributed by atoms with E-state index in [9.17, 15) is 9.59 Å². The fourth-order valence-electron chi connectivity index (χ4n) is 3.68. The average Bonchev–Trinajstić information content (AvgIpc) is 3.23. The number of aryl methyl sites for hydroxylation is 1. The number of anilines is 1. The number of esters is 1. The lowest BCUT2D eigenvalue weighted by molar-refractivity contribution is -0.121. The van der Waals surface area contributed by atoms with Gasteiger partial charge < -0.3 is 9.64 Å². The van der Waals surface area contributed by atoms with Gasteiger partial charge in [0.1, 0.15) is 4.88 Å². The SMILES string of the molecule is C[C@@H]1CCc2sc(C(=O)OCC(=O)N3CCc4ccccc43)cc2C1. The molecule has 1 amide bonds. The molecule has 0 saturated carbocycles. The molecule has 1 aliphatic carbocycles. The predicted molar refractivity (Wildman–Crippen MR) is 98.3 cm³/mol. The maximum absolute atomic E-state index is 12.4. The molecule has 4 nitrogen and oxygen atoms in total. The highest BCUT2D eigenvalue weighted by Gasteiger charge is 2.26. The number of fused-ring (bicyclic) bond motifs is 2. The van der Waals surface area contributed by atoms with Crippen molar-refractivity contribution in [3.05, 3.63) is 51.2 Å². The van der Waals surface area contributed by atoms with Crippen molar-refractivity contribution in [2.75, 3.05) is 18.1 Å². The third kappa shape index (κ3) is 3.21. The van der Waals surface area contributed by atoms with Crippen LogP contribution >= 0.6 is 11.3 Å². The van der Waals surface area contributed by atoms with Gasteiger partial charge in [0.05, 0.1) is 0 Å². The molecule has 130 valence electrons. The molecule has 0 radical (unpaired) electrons. The normalized spacial score (nSPS) is 18.6. The largest absolute Gasteiger partial charge is 0.451 e. The van der Waals surface area contributed by atoms with Gasteiger partial charge in [-0.1, -0.05) is 25.1 Å². The van der Waals surface area contributed by atoms with Crippen LogP contribution in [0.15, 0.2) is 30.3 Å². The molecule has 2 aliphatic rings. The van der Waals surface area contributed by atoms with E-state index in [1.165, 1.54) is 33.8 Å². The molecular formula is C20H21NO3S. The van der Waals surface area contributed by atoms with Gasteiger partial charge >= 0.3 is 5.97 Å². The molecule has 2 heterocycles.